The second-order valence-corrected chi connectivity index (χ2v) is 6.82. The highest BCUT2D eigenvalue weighted by molar-refractivity contribution is 9.10. The Kier molecular flexibility index (Phi) is 4.64. The zero-order valence-corrected chi connectivity index (χ0v) is 13.5. The number of carbonyl (C=O) groups excluding carboxylic acids is 1. The van der Waals surface area contributed by atoms with Gasteiger partial charge in [-0.15, -0.1) is 0 Å². The topological polar surface area (TPSA) is 75.3 Å². The third-order valence-electron chi connectivity index (χ3n) is 2.73. The van der Waals surface area contributed by atoms with Crippen molar-refractivity contribution in [1.29, 1.82) is 0 Å². The summed E-state index contributed by atoms with van der Waals surface area (Å²) in [4.78, 5) is 11.6. The van der Waals surface area contributed by atoms with E-state index in [-0.39, 0.29) is 16.4 Å². The van der Waals surface area contributed by atoms with Crippen LogP contribution < -0.4 is 10.0 Å². The third-order valence-corrected chi connectivity index (χ3v) is 4.64. The summed E-state index contributed by atoms with van der Waals surface area (Å²) in [5.41, 5.74) is 0.736. The lowest BCUT2D eigenvalue weighted by atomic mass is 10.2. The van der Waals surface area contributed by atoms with Gasteiger partial charge in [-0.1, -0.05) is 22.0 Å². The minimum absolute atomic E-state index is 0.0338. The number of hydrogen-bond donors (Lipinski definition) is 2. The van der Waals surface area contributed by atoms with Gasteiger partial charge in [0.2, 0.25) is 0 Å². The molecule has 1 amide bonds. The Bertz CT molecular complexity index is 758. The Morgan fingerprint density at radius 2 is 1.76 bits per heavy atom. The number of rotatable bonds is 4. The zero-order valence-electron chi connectivity index (χ0n) is 11.1. The van der Waals surface area contributed by atoms with Crippen LogP contribution in [-0.4, -0.2) is 21.4 Å². The maximum absolute atomic E-state index is 12.3. The molecule has 0 heterocycles. The predicted molar refractivity (Wildman–Crippen MR) is 84.8 cm³/mol. The van der Waals surface area contributed by atoms with E-state index in [0.29, 0.717) is 5.69 Å². The highest BCUT2D eigenvalue weighted by Gasteiger charge is 2.16. The van der Waals surface area contributed by atoms with E-state index < -0.39 is 10.0 Å². The normalized spacial score (nSPS) is 11.0. The van der Waals surface area contributed by atoms with Crippen molar-refractivity contribution in [1.82, 2.24) is 5.32 Å². The molecule has 0 radical (unpaired) electrons. The Hall–Kier alpha value is -1.86. The van der Waals surface area contributed by atoms with Gasteiger partial charge in [-0.05, 0) is 42.5 Å². The summed E-state index contributed by atoms with van der Waals surface area (Å²) in [7, 11) is -2.25. The minimum Gasteiger partial charge on any atom is -0.355 e. The summed E-state index contributed by atoms with van der Waals surface area (Å²) < 4.78 is 27.9. The van der Waals surface area contributed by atoms with Crippen molar-refractivity contribution >= 4 is 37.5 Å². The van der Waals surface area contributed by atoms with E-state index in [1.54, 1.807) is 30.3 Å². The lowest BCUT2D eigenvalue weighted by Crippen LogP contribution is -2.19. The second kappa shape index (κ2) is 6.28. The number of sulfonamides is 1. The van der Waals surface area contributed by atoms with Crippen LogP contribution in [0.5, 0.6) is 0 Å². The molecule has 2 aromatic carbocycles. The summed E-state index contributed by atoms with van der Waals surface area (Å²) in [5.74, 6) is -0.337. The molecule has 2 N–H and O–H groups in total. The van der Waals surface area contributed by atoms with Crippen molar-refractivity contribution in [3.05, 3.63) is 58.6 Å². The summed E-state index contributed by atoms with van der Waals surface area (Å²) >= 11 is 3.28. The molecule has 0 bridgehead atoms. The van der Waals surface area contributed by atoms with Crippen molar-refractivity contribution in [3.8, 4) is 0 Å². The van der Waals surface area contributed by atoms with Crippen LogP contribution >= 0.6 is 15.9 Å². The molecule has 2 aromatic rings. The molecule has 0 spiro atoms. The molecule has 0 aliphatic heterocycles. The zero-order chi connectivity index (χ0) is 15.5. The van der Waals surface area contributed by atoms with Crippen molar-refractivity contribution in [2.24, 2.45) is 0 Å². The van der Waals surface area contributed by atoms with Gasteiger partial charge in [-0.2, -0.15) is 0 Å². The monoisotopic (exact) mass is 368 g/mol. The van der Waals surface area contributed by atoms with E-state index in [0.717, 1.165) is 4.47 Å². The number of amides is 1. The van der Waals surface area contributed by atoms with Crippen LogP contribution in [0.3, 0.4) is 0 Å². The van der Waals surface area contributed by atoms with E-state index in [1.165, 1.54) is 25.2 Å². The molecular weight excluding hydrogens is 356 g/mol. The minimum atomic E-state index is -3.74. The fourth-order valence-electron chi connectivity index (χ4n) is 1.68. The van der Waals surface area contributed by atoms with Crippen LogP contribution in [0.2, 0.25) is 0 Å². The number of carbonyl (C=O) groups is 1. The number of hydrogen-bond acceptors (Lipinski definition) is 3. The molecule has 0 saturated heterocycles. The Morgan fingerprint density at radius 1 is 1.10 bits per heavy atom. The van der Waals surface area contributed by atoms with Crippen LogP contribution in [0.25, 0.3) is 0 Å². The smallest absolute Gasteiger partial charge is 0.261 e. The highest BCUT2D eigenvalue weighted by Crippen LogP contribution is 2.19. The van der Waals surface area contributed by atoms with Gasteiger partial charge in [-0.3, -0.25) is 9.52 Å². The van der Waals surface area contributed by atoms with Gasteiger partial charge in [0.1, 0.15) is 0 Å². The van der Waals surface area contributed by atoms with Gasteiger partial charge < -0.3 is 5.32 Å². The molecule has 110 valence electrons. The van der Waals surface area contributed by atoms with Crippen molar-refractivity contribution in [3.63, 3.8) is 0 Å². The second-order valence-electron chi connectivity index (χ2n) is 4.22. The highest BCUT2D eigenvalue weighted by atomic mass is 79.9. The van der Waals surface area contributed by atoms with Gasteiger partial charge in [0.15, 0.2) is 0 Å². The first-order chi connectivity index (χ1) is 9.92. The Balaban J connectivity index is 2.31. The number of nitrogens with one attached hydrogen (secondary N) is 2. The lowest BCUT2D eigenvalue weighted by molar-refractivity contribution is 0.0963. The Morgan fingerprint density at radius 3 is 2.38 bits per heavy atom. The third kappa shape index (κ3) is 3.83. The van der Waals surface area contributed by atoms with Gasteiger partial charge in [0.05, 0.1) is 4.90 Å². The van der Waals surface area contributed by atoms with Crippen molar-refractivity contribution in [2.45, 2.75) is 4.90 Å². The summed E-state index contributed by atoms with van der Waals surface area (Å²) in [6.07, 6.45) is 0. The largest absolute Gasteiger partial charge is 0.355 e. The van der Waals surface area contributed by atoms with E-state index in [1.807, 2.05) is 0 Å². The van der Waals surface area contributed by atoms with Gasteiger partial charge in [0.25, 0.3) is 15.9 Å². The quantitative estimate of drug-likeness (QED) is 0.870. The van der Waals surface area contributed by atoms with E-state index in [4.69, 9.17) is 0 Å². The van der Waals surface area contributed by atoms with Gasteiger partial charge in [-0.25, -0.2) is 8.42 Å². The van der Waals surface area contributed by atoms with E-state index in [9.17, 15) is 13.2 Å². The summed E-state index contributed by atoms with van der Waals surface area (Å²) in [6, 6.07) is 12.6. The molecule has 0 aliphatic carbocycles. The molecule has 0 unspecified atom stereocenters. The van der Waals surface area contributed by atoms with Crippen molar-refractivity contribution < 1.29 is 13.2 Å². The first-order valence-electron chi connectivity index (χ1n) is 6.03. The fourth-order valence-corrected chi connectivity index (χ4v) is 3.05. The summed E-state index contributed by atoms with van der Waals surface area (Å²) in [5, 5.41) is 2.46. The molecule has 2 rings (SSSR count). The van der Waals surface area contributed by atoms with Gasteiger partial charge >= 0.3 is 0 Å². The van der Waals surface area contributed by atoms with E-state index >= 15 is 0 Å². The van der Waals surface area contributed by atoms with Gasteiger partial charge in [0, 0.05) is 22.8 Å². The lowest BCUT2D eigenvalue weighted by Gasteiger charge is -2.09. The molecule has 7 heteroatoms. The maximum atomic E-state index is 12.3. The van der Waals surface area contributed by atoms with Crippen LogP contribution in [0, 0.1) is 0 Å². The van der Waals surface area contributed by atoms with Crippen LogP contribution in [0.15, 0.2) is 57.9 Å². The van der Waals surface area contributed by atoms with Crippen molar-refractivity contribution in [2.75, 3.05) is 11.8 Å². The molecule has 0 fully saturated rings. The molecule has 0 aliphatic rings. The van der Waals surface area contributed by atoms with Crippen LogP contribution in [-0.2, 0) is 10.0 Å². The molecule has 0 atom stereocenters. The SMILES string of the molecule is CNC(=O)c1cccc(S(=O)(=O)Nc2ccc(Br)cc2)c1. The average molecular weight is 369 g/mol. The Labute approximate surface area is 131 Å². The first kappa shape index (κ1) is 15.5. The molecule has 0 saturated carbocycles. The molecule has 5 nitrogen and oxygen atoms in total. The molecule has 21 heavy (non-hydrogen) atoms. The average Bonchev–Trinajstić information content (AvgIpc) is 2.49. The maximum Gasteiger partial charge on any atom is 0.261 e. The number of anilines is 1. The standard InChI is InChI=1S/C14H13BrN2O3S/c1-16-14(18)10-3-2-4-13(9-10)21(19,20)17-12-7-5-11(15)6-8-12/h2-9,17H,1H3,(H,16,18). The fraction of sp³-hybridized carbons (Fsp3) is 0.0714. The predicted octanol–water partition coefficient (Wildman–Crippen LogP) is 2.61. The molecule has 0 aromatic heterocycles. The molecular formula is C14H13BrN2O3S. The number of halogens is 1. The van der Waals surface area contributed by atoms with Crippen LogP contribution in [0.4, 0.5) is 5.69 Å². The first-order valence-corrected chi connectivity index (χ1v) is 8.30. The number of benzene rings is 2. The van der Waals surface area contributed by atoms with E-state index in [2.05, 4.69) is 26.0 Å². The summed E-state index contributed by atoms with van der Waals surface area (Å²) in [6.45, 7) is 0. The van der Waals surface area contributed by atoms with Crippen LogP contribution in [0.1, 0.15) is 10.4 Å².